The molecule has 0 spiro atoms. The first-order chi connectivity index (χ1) is 14.8. The number of aromatic nitrogens is 1. The number of nitrogens with two attached hydrogens (primary N) is 1. The van der Waals surface area contributed by atoms with Gasteiger partial charge in [0.2, 0.25) is 5.13 Å². The fourth-order valence-corrected chi connectivity index (χ4v) is 3.53. The number of thiazole rings is 1. The third kappa shape index (κ3) is 7.41. The lowest BCUT2D eigenvalue weighted by Crippen LogP contribution is -2.50. The highest BCUT2D eigenvalue weighted by molar-refractivity contribution is 7.14. The average Bonchev–Trinajstić information content (AvgIpc) is 3.13. The lowest BCUT2D eigenvalue weighted by Gasteiger charge is -2.35. The molecule has 0 aliphatic carbocycles. The van der Waals surface area contributed by atoms with Gasteiger partial charge >= 0.3 is 6.09 Å². The number of carbonyl (C=O) groups is 1. The second-order valence-electron chi connectivity index (χ2n) is 8.14. The van der Waals surface area contributed by atoms with Crippen molar-refractivity contribution in [3.63, 3.8) is 0 Å². The van der Waals surface area contributed by atoms with Crippen molar-refractivity contribution in [1.29, 1.82) is 0 Å². The maximum atomic E-state index is 12.2. The molecule has 168 valence electrons. The molecule has 0 atom stereocenters. The monoisotopic (exact) mass is 446 g/mol. The third-order valence-electron chi connectivity index (χ3n) is 4.49. The van der Waals surface area contributed by atoms with E-state index >= 15 is 0 Å². The summed E-state index contributed by atoms with van der Waals surface area (Å²) in [4.78, 5) is 20.3. The van der Waals surface area contributed by atoms with E-state index in [0.717, 1.165) is 30.9 Å². The van der Waals surface area contributed by atoms with Gasteiger partial charge in [0.15, 0.2) is 0 Å². The number of nitrogens with one attached hydrogen (secondary N) is 1. The highest BCUT2D eigenvalue weighted by atomic mass is 32.1. The van der Waals surface area contributed by atoms with Crippen molar-refractivity contribution < 1.29 is 14.3 Å². The van der Waals surface area contributed by atoms with Crippen LogP contribution in [-0.2, 0) is 4.74 Å². The number of hydrogen-bond donors (Lipinski definition) is 2. The second-order valence-corrected chi connectivity index (χ2v) is 9.00. The summed E-state index contributed by atoms with van der Waals surface area (Å²) in [6.07, 6.45) is 1.46. The van der Waals surface area contributed by atoms with Gasteiger partial charge < -0.3 is 20.1 Å². The number of rotatable bonds is 7. The van der Waals surface area contributed by atoms with E-state index in [1.807, 2.05) is 45.0 Å². The van der Waals surface area contributed by atoms with Crippen LogP contribution in [0.25, 0.3) is 0 Å². The van der Waals surface area contributed by atoms with Gasteiger partial charge in [0, 0.05) is 43.7 Å². The Hall–Kier alpha value is -2.85. The standard InChI is InChI=1S/C21H30N6O3S/c1-21(2,3)30-20(28)27-10-8-26(9-11-27)12-13-29-17-7-5-4-6-16(17)14-23-25-19-24-18(22)15-31-19/h4-7,14-15H,8-13,22H2,1-3H3,(H,24,25). The lowest BCUT2D eigenvalue weighted by molar-refractivity contribution is 0.0137. The van der Waals surface area contributed by atoms with Gasteiger partial charge in [-0.2, -0.15) is 5.10 Å². The van der Waals surface area contributed by atoms with Crippen molar-refractivity contribution >= 4 is 34.6 Å². The van der Waals surface area contributed by atoms with E-state index in [4.69, 9.17) is 15.2 Å². The largest absolute Gasteiger partial charge is 0.492 e. The first-order valence-corrected chi connectivity index (χ1v) is 11.1. The number of hydrogen-bond acceptors (Lipinski definition) is 9. The second kappa shape index (κ2) is 10.5. The smallest absolute Gasteiger partial charge is 0.410 e. The molecule has 0 bridgehead atoms. The summed E-state index contributed by atoms with van der Waals surface area (Å²) in [6, 6.07) is 7.73. The van der Waals surface area contributed by atoms with E-state index in [2.05, 4.69) is 20.4 Å². The van der Waals surface area contributed by atoms with Crippen molar-refractivity contribution in [2.24, 2.45) is 5.10 Å². The Balaban J connectivity index is 1.42. The van der Waals surface area contributed by atoms with E-state index in [1.54, 1.807) is 16.5 Å². The Labute approximate surface area is 186 Å². The summed E-state index contributed by atoms with van der Waals surface area (Å²) in [5, 5.41) is 6.60. The summed E-state index contributed by atoms with van der Waals surface area (Å²) in [7, 11) is 0. The van der Waals surface area contributed by atoms with Gasteiger partial charge in [0.05, 0.1) is 6.21 Å². The van der Waals surface area contributed by atoms with E-state index in [9.17, 15) is 4.79 Å². The molecule has 2 heterocycles. The number of piperazine rings is 1. The number of anilines is 2. The van der Waals surface area contributed by atoms with Crippen LogP contribution < -0.4 is 15.9 Å². The maximum absolute atomic E-state index is 12.2. The van der Waals surface area contributed by atoms with Crippen molar-refractivity contribution in [2.45, 2.75) is 26.4 Å². The van der Waals surface area contributed by atoms with Gasteiger partial charge in [-0.15, -0.1) is 11.3 Å². The number of ether oxygens (including phenoxy) is 2. The van der Waals surface area contributed by atoms with Crippen LogP contribution >= 0.6 is 11.3 Å². The molecular formula is C21H30N6O3S. The average molecular weight is 447 g/mol. The Morgan fingerprint density at radius 1 is 1.29 bits per heavy atom. The molecule has 3 rings (SSSR count). The SMILES string of the molecule is CC(C)(C)OC(=O)N1CCN(CCOc2ccccc2C=NNc2nc(N)cs2)CC1. The van der Waals surface area contributed by atoms with Crippen LogP contribution in [0.1, 0.15) is 26.3 Å². The van der Waals surface area contributed by atoms with E-state index in [-0.39, 0.29) is 6.09 Å². The zero-order valence-electron chi connectivity index (χ0n) is 18.2. The fourth-order valence-electron chi connectivity index (χ4n) is 2.98. The number of nitrogens with zero attached hydrogens (tertiary/aromatic N) is 4. The molecular weight excluding hydrogens is 416 g/mol. The predicted molar refractivity (Wildman–Crippen MR) is 124 cm³/mol. The Morgan fingerprint density at radius 3 is 2.71 bits per heavy atom. The van der Waals surface area contributed by atoms with Crippen molar-refractivity contribution in [3.05, 3.63) is 35.2 Å². The van der Waals surface area contributed by atoms with Gasteiger partial charge in [-0.3, -0.25) is 10.3 Å². The molecule has 0 unspecified atom stereocenters. The molecule has 1 fully saturated rings. The Kier molecular flexibility index (Phi) is 7.69. The van der Waals surface area contributed by atoms with Gasteiger partial charge in [0.1, 0.15) is 23.8 Å². The topological polar surface area (TPSA) is 105 Å². The van der Waals surface area contributed by atoms with Gasteiger partial charge in [0.25, 0.3) is 0 Å². The first-order valence-electron chi connectivity index (χ1n) is 10.2. The van der Waals surface area contributed by atoms with E-state index in [1.165, 1.54) is 11.3 Å². The van der Waals surface area contributed by atoms with Gasteiger partial charge in [-0.25, -0.2) is 9.78 Å². The number of para-hydroxylation sites is 1. The molecule has 2 aromatic rings. The molecule has 0 radical (unpaired) electrons. The molecule has 1 aliphatic rings. The Morgan fingerprint density at radius 2 is 2.03 bits per heavy atom. The third-order valence-corrected chi connectivity index (χ3v) is 5.26. The number of carbonyl (C=O) groups excluding carboxylic acids is 1. The van der Waals surface area contributed by atoms with Crippen LogP contribution in [0.15, 0.2) is 34.7 Å². The number of amides is 1. The molecule has 1 saturated heterocycles. The molecule has 31 heavy (non-hydrogen) atoms. The molecule has 1 aromatic carbocycles. The summed E-state index contributed by atoms with van der Waals surface area (Å²) >= 11 is 1.39. The zero-order chi connectivity index (χ0) is 22.3. The quantitative estimate of drug-likeness (QED) is 0.497. The molecule has 10 heteroatoms. The number of hydrazone groups is 1. The number of benzene rings is 1. The molecule has 1 aromatic heterocycles. The fraction of sp³-hybridized carbons (Fsp3) is 0.476. The van der Waals surface area contributed by atoms with Crippen LogP contribution in [0.4, 0.5) is 15.7 Å². The summed E-state index contributed by atoms with van der Waals surface area (Å²) in [5.74, 6) is 1.23. The van der Waals surface area contributed by atoms with Crippen molar-refractivity contribution in [1.82, 2.24) is 14.8 Å². The summed E-state index contributed by atoms with van der Waals surface area (Å²) < 4.78 is 11.4. The maximum Gasteiger partial charge on any atom is 0.410 e. The minimum atomic E-state index is -0.470. The molecule has 1 amide bonds. The normalized spacial score (nSPS) is 15.3. The van der Waals surface area contributed by atoms with E-state index in [0.29, 0.717) is 30.6 Å². The van der Waals surface area contributed by atoms with Crippen LogP contribution in [0.3, 0.4) is 0 Å². The van der Waals surface area contributed by atoms with Crippen LogP contribution in [0.2, 0.25) is 0 Å². The minimum absolute atomic E-state index is 0.245. The Bertz CT molecular complexity index is 887. The molecule has 0 saturated carbocycles. The molecule has 3 N–H and O–H groups in total. The highest BCUT2D eigenvalue weighted by Gasteiger charge is 2.25. The van der Waals surface area contributed by atoms with E-state index < -0.39 is 5.60 Å². The minimum Gasteiger partial charge on any atom is -0.492 e. The lowest BCUT2D eigenvalue weighted by atomic mass is 10.2. The van der Waals surface area contributed by atoms with Crippen LogP contribution in [-0.4, -0.2) is 72.0 Å². The predicted octanol–water partition coefficient (Wildman–Crippen LogP) is 3.10. The first kappa shape index (κ1) is 22.8. The van der Waals surface area contributed by atoms with Gasteiger partial charge in [-0.1, -0.05) is 12.1 Å². The number of nitrogen functional groups attached to an aromatic ring is 1. The van der Waals surface area contributed by atoms with Gasteiger partial charge in [-0.05, 0) is 32.9 Å². The van der Waals surface area contributed by atoms with Crippen molar-refractivity contribution in [3.8, 4) is 5.75 Å². The van der Waals surface area contributed by atoms with Crippen LogP contribution in [0.5, 0.6) is 5.75 Å². The summed E-state index contributed by atoms with van der Waals surface area (Å²) in [5.41, 5.74) is 8.87. The van der Waals surface area contributed by atoms with Crippen LogP contribution in [0, 0.1) is 0 Å². The molecule has 1 aliphatic heterocycles. The molecule has 9 nitrogen and oxygen atoms in total. The summed E-state index contributed by atoms with van der Waals surface area (Å²) in [6.45, 7) is 9.89. The van der Waals surface area contributed by atoms with Crippen molar-refractivity contribution in [2.75, 3.05) is 50.5 Å². The zero-order valence-corrected chi connectivity index (χ0v) is 19.0. The highest BCUT2D eigenvalue weighted by Crippen LogP contribution is 2.18.